The molecule has 5 heteroatoms. The van der Waals surface area contributed by atoms with Gasteiger partial charge in [-0.15, -0.1) is 0 Å². The van der Waals surface area contributed by atoms with Gasteiger partial charge in [-0.1, -0.05) is 48.0 Å². The SMILES string of the molecule is Cc1ccc([C@@H](CCNc2ncnc3c2[nH]c2ccccc23)c2ccco2)cc1. The molecule has 0 unspecified atom stereocenters. The summed E-state index contributed by atoms with van der Waals surface area (Å²) in [4.78, 5) is 12.4. The topological polar surface area (TPSA) is 66.7 Å². The van der Waals surface area contributed by atoms with Gasteiger partial charge in [0.1, 0.15) is 23.1 Å². The van der Waals surface area contributed by atoms with Gasteiger partial charge < -0.3 is 14.7 Å². The van der Waals surface area contributed by atoms with E-state index in [2.05, 4.69) is 63.6 Å². The number of aryl methyl sites for hydroxylation is 1. The van der Waals surface area contributed by atoms with Crippen LogP contribution in [0.3, 0.4) is 0 Å². The number of nitrogens with zero attached hydrogens (tertiary/aromatic N) is 2. The molecule has 29 heavy (non-hydrogen) atoms. The van der Waals surface area contributed by atoms with Crippen LogP contribution in [-0.2, 0) is 0 Å². The maximum absolute atomic E-state index is 5.73. The number of aromatic amines is 1. The molecule has 3 heterocycles. The Bertz CT molecular complexity index is 1240. The first-order chi connectivity index (χ1) is 14.3. The summed E-state index contributed by atoms with van der Waals surface area (Å²) < 4.78 is 5.73. The van der Waals surface area contributed by atoms with Gasteiger partial charge in [-0.25, -0.2) is 9.97 Å². The highest BCUT2D eigenvalue weighted by Crippen LogP contribution is 2.30. The second-order valence-electron chi connectivity index (χ2n) is 7.31. The molecular formula is C24H22N4O. The van der Waals surface area contributed by atoms with Crippen LogP contribution in [0.15, 0.2) is 77.7 Å². The van der Waals surface area contributed by atoms with Crippen molar-refractivity contribution in [2.45, 2.75) is 19.3 Å². The van der Waals surface area contributed by atoms with Crippen molar-refractivity contribution in [1.29, 1.82) is 0 Å². The van der Waals surface area contributed by atoms with Crippen LogP contribution in [0.4, 0.5) is 5.82 Å². The molecule has 0 aliphatic carbocycles. The van der Waals surface area contributed by atoms with Gasteiger partial charge in [-0.05, 0) is 37.1 Å². The zero-order valence-electron chi connectivity index (χ0n) is 16.2. The number of H-pyrrole nitrogens is 1. The van der Waals surface area contributed by atoms with E-state index in [-0.39, 0.29) is 5.92 Å². The summed E-state index contributed by atoms with van der Waals surface area (Å²) in [7, 11) is 0. The van der Waals surface area contributed by atoms with Crippen molar-refractivity contribution < 1.29 is 4.42 Å². The van der Waals surface area contributed by atoms with Gasteiger partial charge >= 0.3 is 0 Å². The molecule has 0 bridgehead atoms. The molecule has 0 fully saturated rings. The lowest BCUT2D eigenvalue weighted by Crippen LogP contribution is -2.10. The molecule has 1 atom stereocenters. The van der Waals surface area contributed by atoms with Crippen molar-refractivity contribution in [3.05, 3.63) is 90.1 Å². The molecule has 0 aliphatic heterocycles. The van der Waals surface area contributed by atoms with E-state index in [4.69, 9.17) is 4.42 Å². The van der Waals surface area contributed by atoms with Crippen molar-refractivity contribution in [2.75, 3.05) is 11.9 Å². The Labute approximate surface area is 168 Å². The number of para-hydroxylation sites is 1. The summed E-state index contributed by atoms with van der Waals surface area (Å²) in [6.07, 6.45) is 4.25. The molecular weight excluding hydrogens is 360 g/mol. The molecule has 0 saturated heterocycles. The lowest BCUT2D eigenvalue weighted by Gasteiger charge is -2.16. The van der Waals surface area contributed by atoms with Crippen LogP contribution in [0.25, 0.3) is 21.9 Å². The van der Waals surface area contributed by atoms with Gasteiger partial charge in [0.15, 0.2) is 5.82 Å². The second-order valence-corrected chi connectivity index (χ2v) is 7.31. The predicted molar refractivity (Wildman–Crippen MR) is 116 cm³/mol. The largest absolute Gasteiger partial charge is 0.469 e. The zero-order chi connectivity index (χ0) is 19.6. The molecule has 0 aliphatic rings. The fraction of sp³-hybridized carbons (Fsp3) is 0.167. The quantitative estimate of drug-likeness (QED) is 0.398. The highest BCUT2D eigenvalue weighted by Gasteiger charge is 2.17. The fourth-order valence-electron chi connectivity index (χ4n) is 3.87. The van der Waals surface area contributed by atoms with E-state index in [0.29, 0.717) is 0 Å². The molecule has 5 rings (SSSR count). The third kappa shape index (κ3) is 3.36. The molecule has 0 radical (unpaired) electrons. The molecule has 0 saturated carbocycles. The minimum Gasteiger partial charge on any atom is -0.469 e. The number of furan rings is 1. The van der Waals surface area contributed by atoms with E-state index in [9.17, 15) is 0 Å². The average molecular weight is 382 g/mol. The van der Waals surface area contributed by atoms with Crippen LogP contribution < -0.4 is 5.32 Å². The molecule has 3 aromatic heterocycles. The summed E-state index contributed by atoms with van der Waals surface area (Å²) >= 11 is 0. The standard InChI is InChI=1S/C24H22N4O/c1-16-8-10-17(11-9-16)18(21-7-4-14-29-21)12-13-25-24-23-22(26-15-27-24)19-5-2-3-6-20(19)28-23/h2-11,14-15,18,28H,12-13H2,1H3,(H,25,26,27)/t18-/m1/s1. The number of benzene rings is 2. The summed E-state index contributed by atoms with van der Waals surface area (Å²) in [5, 5.41) is 4.61. The van der Waals surface area contributed by atoms with Gasteiger partial charge in [0.25, 0.3) is 0 Å². The summed E-state index contributed by atoms with van der Waals surface area (Å²) in [6.45, 7) is 2.87. The number of aromatic nitrogens is 3. The van der Waals surface area contributed by atoms with Crippen LogP contribution in [0.2, 0.25) is 0 Å². The highest BCUT2D eigenvalue weighted by atomic mass is 16.3. The van der Waals surface area contributed by atoms with Crippen molar-refractivity contribution in [1.82, 2.24) is 15.0 Å². The molecule has 0 spiro atoms. The van der Waals surface area contributed by atoms with Gasteiger partial charge in [0.05, 0.1) is 6.26 Å². The Morgan fingerprint density at radius 2 is 1.86 bits per heavy atom. The van der Waals surface area contributed by atoms with E-state index in [1.165, 1.54) is 11.1 Å². The Hall–Kier alpha value is -3.60. The molecule has 5 nitrogen and oxygen atoms in total. The normalized spacial score (nSPS) is 12.4. The highest BCUT2D eigenvalue weighted by molar-refractivity contribution is 6.07. The average Bonchev–Trinajstić information content (AvgIpc) is 3.40. The summed E-state index contributed by atoms with van der Waals surface area (Å²) in [5.41, 5.74) is 5.47. The predicted octanol–water partition coefficient (Wildman–Crippen LogP) is 5.65. The number of nitrogens with one attached hydrogen (secondary N) is 2. The van der Waals surface area contributed by atoms with Crippen molar-refractivity contribution in [3.63, 3.8) is 0 Å². The lowest BCUT2D eigenvalue weighted by atomic mass is 9.92. The molecule has 2 aromatic carbocycles. The van der Waals surface area contributed by atoms with Gasteiger partial charge in [-0.3, -0.25) is 0 Å². The van der Waals surface area contributed by atoms with Crippen molar-refractivity contribution >= 4 is 27.8 Å². The number of hydrogen-bond acceptors (Lipinski definition) is 4. The van der Waals surface area contributed by atoms with Crippen LogP contribution in [0, 0.1) is 6.92 Å². The van der Waals surface area contributed by atoms with E-state index < -0.39 is 0 Å². The smallest absolute Gasteiger partial charge is 0.153 e. The third-order valence-corrected chi connectivity index (χ3v) is 5.38. The third-order valence-electron chi connectivity index (χ3n) is 5.38. The van der Waals surface area contributed by atoms with Gasteiger partial charge in [0.2, 0.25) is 0 Å². The Morgan fingerprint density at radius 3 is 2.69 bits per heavy atom. The Morgan fingerprint density at radius 1 is 1.00 bits per heavy atom. The number of fused-ring (bicyclic) bond motifs is 3. The minimum atomic E-state index is 0.193. The van der Waals surface area contributed by atoms with Crippen LogP contribution in [0.5, 0.6) is 0 Å². The van der Waals surface area contributed by atoms with Crippen LogP contribution in [-0.4, -0.2) is 21.5 Å². The van der Waals surface area contributed by atoms with Gasteiger partial charge in [-0.2, -0.15) is 0 Å². The number of rotatable bonds is 6. The molecule has 5 aromatic rings. The molecule has 0 amide bonds. The van der Waals surface area contributed by atoms with Crippen molar-refractivity contribution in [3.8, 4) is 0 Å². The Balaban J connectivity index is 1.39. The van der Waals surface area contributed by atoms with E-state index in [1.54, 1.807) is 12.6 Å². The number of hydrogen-bond donors (Lipinski definition) is 2. The van der Waals surface area contributed by atoms with Crippen LogP contribution >= 0.6 is 0 Å². The first-order valence-electron chi connectivity index (χ1n) is 9.85. The zero-order valence-corrected chi connectivity index (χ0v) is 16.2. The summed E-state index contributed by atoms with van der Waals surface area (Å²) in [5.74, 6) is 2.00. The Kier molecular flexibility index (Phi) is 4.48. The van der Waals surface area contributed by atoms with Crippen molar-refractivity contribution in [2.24, 2.45) is 0 Å². The molecule has 2 N–H and O–H groups in total. The van der Waals surface area contributed by atoms with Gasteiger partial charge in [0, 0.05) is 23.4 Å². The second kappa shape index (κ2) is 7.43. The fourth-order valence-corrected chi connectivity index (χ4v) is 3.87. The lowest BCUT2D eigenvalue weighted by molar-refractivity contribution is 0.477. The van der Waals surface area contributed by atoms with Crippen LogP contribution in [0.1, 0.15) is 29.2 Å². The minimum absolute atomic E-state index is 0.193. The van der Waals surface area contributed by atoms with E-state index >= 15 is 0 Å². The number of anilines is 1. The van der Waals surface area contributed by atoms with E-state index in [0.717, 1.165) is 46.5 Å². The monoisotopic (exact) mass is 382 g/mol. The molecule has 144 valence electrons. The first-order valence-corrected chi connectivity index (χ1v) is 9.85. The maximum atomic E-state index is 5.73. The van der Waals surface area contributed by atoms with E-state index in [1.807, 2.05) is 24.3 Å². The maximum Gasteiger partial charge on any atom is 0.153 e. The first kappa shape index (κ1) is 17.5. The summed E-state index contributed by atoms with van der Waals surface area (Å²) in [6, 6.07) is 20.8.